The highest BCUT2D eigenvalue weighted by molar-refractivity contribution is 6.88. The highest BCUT2D eigenvalue weighted by atomic mass is 28.3. The minimum absolute atomic E-state index is 0.850. The fraction of sp³-hybridized carbons (Fsp3) is 0.375. The van der Waals surface area contributed by atoms with Crippen LogP contribution < -0.4 is 5.19 Å². The smallest absolute Gasteiger partial charge is 0.117 e. The van der Waals surface area contributed by atoms with Gasteiger partial charge in [0.1, 0.15) is 5.76 Å². The van der Waals surface area contributed by atoms with Gasteiger partial charge >= 0.3 is 0 Å². The number of hydrogen-bond acceptors (Lipinski definition) is 2. The lowest BCUT2D eigenvalue weighted by atomic mass is 10.2. The van der Waals surface area contributed by atoms with Crippen molar-refractivity contribution >= 4 is 13.3 Å². The SMILES string of the molecule is CN(Cc1ccc([Si](C)(C)C)cc1)Cc1ccco1. The Kier molecular flexibility index (Phi) is 4.27. The summed E-state index contributed by atoms with van der Waals surface area (Å²) in [6.45, 7) is 8.94. The van der Waals surface area contributed by atoms with Crippen LogP contribution in [-0.2, 0) is 13.1 Å². The molecule has 0 N–H and O–H groups in total. The zero-order valence-electron chi connectivity index (χ0n) is 12.3. The molecule has 0 fully saturated rings. The number of furan rings is 1. The van der Waals surface area contributed by atoms with Gasteiger partial charge in [0.15, 0.2) is 0 Å². The monoisotopic (exact) mass is 273 g/mol. The molecule has 0 radical (unpaired) electrons. The lowest BCUT2D eigenvalue weighted by Crippen LogP contribution is -2.37. The van der Waals surface area contributed by atoms with Gasteiger partial charge in [-0.25, -0.2) is 0 Å². The quantitative estimate of drug-likeness (QED) is 0.776. The Balaban J connectivity index is 1.96. The van der Waals surface area contributed by atoms with Crippen LogP contribution in [0.1, 0.15) is 11.3 Å². The van der Waals surface area contributed by atoms with Crippen LogP contribution >= 0.6 is 0 Å². The molecule has 1 aromatic heterocycles. The highest BCUT2D eigenvalue weighted by Crippen LogP contribution is 2.09. The third-order valence-corrected chi connectivity index (χ3v) is 5.34. The Morgan fingerprint density at radius 3 is 2.21 bits per heavy atom. The van der Waals surface area contributed by atoms with E-state index in [-0.39, 0.29) is 0 Å². The van der Waals surface area contributed by atoms with Gasteiger partial charge in [0.05, 0.1) is 20.9 Å². The molecule has 1 heterocycles. The maximum absolute atomic E-state index is 5.37. The predicted octanol–water partition coefficient (Wildman–Crippen LogP) is 3.46. The molecule has 0 saturated carbocycles. The van der Waals surface area contributed by atoms with Gasteiger partial charge in [-0.2, -0.15) is 0 Å². The molecular formula is C16H23NOSi. The second-order valence-electron chi connectivity index (χ2n) is 6.20. The van der Waals surface area contributed by atoms with E-state index in [0.717, 1.165) is 18.8 Å². The third-order valence-electron chi connectivity index (χ3n) is 3.28. The standard InChI is InChI=1S/C16H23NOSi/c1-17(13-15-6-5-11-18-15)12-14-7-9-16(10-8-14)19(2,3)4/h5-11H,12-13H2,1-4H3. The van der Waals surface area contributed by atoms with Crippen LogP contribution in [0.3, 0.4) is 0 Å². The maximum Gasteiger partial charge on any atom is 0.117 e. The van der Waals surface area contributed by atoms with Crippen LogP contribution in [0.25, 0.3) is 0 Å². The summed E-state index contributed by atoms with van der Waals surface area (Å²) in [4.78, 5) is 2.27. The normalized spacial score (nSPS) is 12.1. The Bertz CT molecular complexity index is 497. The molecule has 19 heavy (non-hydrogen) atoms. The predicted molar refractivity (Wildman–Crippen MR) is 83.3 cm³/mol. The highest BCUT2D eigenvalue weighted by Gasteiger charge is 2.15. The zero-order valence-corrected chi connectivity index (χ0v) is 13.3. The van der Waals surface area contributed by atoms with Crippen LogP contribution in [0.2, 0.25) is 19.6 Å². The molecule has 102 valence electrons. The summed E-state index contributed by atoms with van der Waals surface area (Å²) in [6.07, 6.45) is 1.73. The molecule has 0 aliphatic carbocycles. The van der Waals surface area contributed by atoms with E-state index in [0.29, 0.717) is 0 Å². The largest absolute Gasteiger partial charge is 0.468 e. The Labute approximate surface area is 117 Å². The van der Waals surface area contributed by atoms with E-state index in [1.807, 2.05) is 12.1 Å². The molecule has 0 saturated heterocycles. The molecule has 0 unspecified atom stereocenters. The van der Waals surface area contributed by atoms with E-state index < -0.39 is 8.07 Å². The van der Waals surface area contributed by atoms with E-state index in [1.54, 1.807) is 6.26 Å². The van der Waals surface area contributed by atoms with Crippen molar-refractivity contribution in [2.24, 2.45) is 0 Å². The average Bonchev–Trinajstić information content (AvgIpc) is 2.81. The Hall–Kier alpha value is -1.32. The molecule has 0 aliphatic rings. The lowest BCUT2D eigenvalue weighted by Gasteiger charge is -2.18. The number of benzene rings is 1. The van der Waals surface area contributed by atoms with Gasteiger partial charge in [0.2, 0.25) is 0 Å². The molecule has 0 bridgehead atoms. The van der Waals surface area contributed by atoms with Crippen molar-refractivity contribution in [3.63, 3.8) is 0 Å². The van der Waals surface area contributed by atoms with Gasteiger partial charge in [0.25, 0.3) is 0 Å². The number of nitrogens with zero attached hydrogens (tertiary/aromatic N) is 1. The summed E-state index contributed by atoms with van der Waals surface area (Å²) in [5, 5.41) is 1.52. The van der Waals surface area contributed by atoms with E-state index in [2.05, 4.69) is 55.9 Å². The van der Waals surface area contributed by atoms with Crippen LogP contribution in [0.15, 0.2) is 47.1 Å². The van der Waals surface area contributed by atoms with Gasteiger partial charge in [0, 0.05) is 6.54 Å². The fourth-order valence-corrected chi connectivity index (χ4v) is 3.31. The van der Waals surface area contributed by atoms with Gasteiger partial charge in [-0.15, -0.1) is 0 Å². The van der Waals surface area contributed by atoms with Crippen molar-refractivity contribution in [1.82, 2.24) is 4.90 Å². The minimum Gasteiger partial charge on any atom is -0.468 e. The van der Waals surface area contributed by atoms with Crippen molar-refractivity contribution in [3.8, 4) is 0 Å². The topological polar surface area (TPSA) is 16.4 Å². The molecule has 2 aromatic rings. The fourth-order valence-electron chi connectivity index (χ4n) is 2.15. The second-order valence-corrected chi connectivity index (χ2v) is 11.3. The summed E-state index contributed by atoms with van der Waals surface area (Å²) in [5.41, 5.74) is 1.36. The van der Waals surface area contributed by atoms with Gasteiger partial charge in [-0.1, -0.05) is 49.1 Å². The van der Waals surface area contributed by atoms with Gasteiger partial charge in [-0.3, -0.25) is 4.90 Å². The van der Waals surface area contributed by atoms with Gasteiger partial charge < -0.3 is 4.42 Å². The van der Waals surface area contributed by atoms with Crippen molar-refractivity contribution in [2.45, 2.75) is 32.7 Å². The van der Waals surface area contributed by atoms with Crippen LogP contribution in [-0.4, -0.2) is 20.0 Å². The van der Waals surface area contributed by atoms with Crippen molar-refractivity contribution < 1.29 is 4.42 Å². The molecule has 0 aliphatic heterocycles. The maximum atomic E-state index is 5.37. The molecule has 3 heteroatoms. The molecule has 2 nitrogen and oxygen atoms in total. The summed E-state index contributed by atoms with van der Waals surface area (Å²) in [6, 6.07) is 13.1. The first-order valence-corrected chi connectivity index (χ1v) is 10.3. The van der Waals surface area contributed by atoms with Crippen LogP contribution in [0.4, 0.5) is 0 Å². The molecule has 0 atom stereocenters. The first-order chi connectivity index (χ1) is 8.95. The second kappa shape index (κ2) is 5.76. The molecular weight excluding hydrogens is 250 g/mol. The summed E-state index contributed by atoms with van der Waals surface area (Å²) in [7, 11) is 0.943. The third kappa shape index (κ3) is 4.08. The van der Waals surface area contributed by atoms with Crippen LogP contribution in [0.5, 0.6) is 0 Å². The Morgan fingerprint density at radius 1 is 1.00 bits per heavy atom. The van der Waals surface area contributed by atoms with Gasteiger partial charge in [-0.05, 0) is 24.7 Å². The average molecular weight is 273 g/mol. The van der Waals surface area contributed by atoms with Crippen molar-refractivity contribution in [2.75, 3.05) is 7.05 Å². The molecule has 0 spiro atoms. The lowest BCUT2D eigenvalue weighted by molar-refractivity contribution is 0.288. The molecule has 1 aromatic carbocycles. The molecule has 2 rings (SSSR count). The summed E-state index contributed by atoms with van der Waals surface area (Å²) >= 11 is 0. The van der Waals surface area contributed by atoms with E-state index in [4.69, 9.17) is 4.42 Å². The first-order valence-electron chi connectivity index (χ1n) is 6.75. The Morgan fingerprint density at radius 2 is 1.68 bits per heavy atom. The summed E-state index contributed by atoms with van der Waals surface area (Å²) < 4.78 is 5.37. The number of rotatable bonds is 5. The zero-order chi connectivity index (χ0) is 13.9. The van der Waals surface area contributed by atoms with E-state index >= 15 is 0 Å². The summed E-state index contributed by atoms with van der Waals surface area (Å²) in [5.74, 6) is 1.02. The molecule has 0 amide bonds. The first kappa shape index (κ1) is 14.1. The van der Waals surface area contributed by atoms with E-state index in [9.17, 15) is 0 Å². The number of hydrogen-bond donors (Lipinski definition) is 0. The van der Waals surface area contributed by atoms with Crippen molar-refractivity contribution in [1.29, 1.82) is 0 Å². The van der Waals surface area contributed by atoms with Crippen molar-refractivity contribution in [3.05, 3.63) is 54.0 Å². The van der Waals surface area contributed by atoms with Crippen LogP contribution in [0, 0.1) is 0 Å². The van der Waals surface area contributed by atoms with E-state index in [1.165, 1.54) is 10.8 Å². The minimum atomic E-state index is -1.18.